The minimum absolute atomic E-state index is 0.00571. The number of hydrogen-bond donors (Lipinski definition) is 1. The van der Waals surface area contributed by atoms with Gasteiger partial charge in [0, 0.05) is 29.8 Å². The van der Waals surface area contributed by atoms with Crippen molar-refractivity contribution in [2.24, 2.45) is 5.14 Å². The summed E-state index contributed by atoms with van der Waals surface area (Å²) in [5.74, 6) is 0.288. The number of rotatable bonds is 6. The van der Waals surface area contributed by atoms with Gasteiger partial charge in [-0.2, -0.15) is 4.98 Å². The van der Waals surface area contributed by atoms with Gasteiger partial charge in [0.15, 0.2) is 5.75 Å². The number of aromatic nitrogens is 3. The standard InChI is InChI=1S/C16H15BrF2N4O4S/c1-26-14-10(17)4-3-9-11(28(20,24)25)7-23(13(9)14)16-21-6-8(5-12(18)19)15(22-16)27-2/h3-4,6-7,12H,5H2,1-2H3,(H2,20,24,25). The van der Waals surface area contributed by atoms with Crippen molar-refractivity contribution in [3.8, 4) is 17.6 Å². The third-order valence-electron chi connectivity index (χ3n) is 3.94. The smallest absolute Gasteiger partial charge is 0.242 e. The van der Waals surface area contributed by atoms with E-state index in [-0.39, 0.29) is 22.3 Å². The highest BCUT2D eigenvalue weighted by Crippen LogP contribution is 2.38. The molecule has 0 spiro atoms. The van der Waals surface area contributed by atoms with E-state index in [0.717, 1.165) is 0 Å². The minimum Gasteiger partial charge on any atom is -0.493 e. The number of nitrogens with two attached hydrogens (primary N) is 1. The number of sulfonamides is 1. The third kappa shape index (κ3) is 3.66. The summed E-state index contributed by atoms with van der Waals surface area (Å²) in [6.07, 6.45) is -0.718. The largest absolute Gasteiger partial charge is 0.493 e. The van der Waals surface area contributed by atoms with Gasteiger partial charge >= 0.3 is 0 Å². The monoisotopic (exact) mass is 476 g/mol. The van der Waals surface area contributed by atoms with E-state index in [1.165, 1.54) is 31.2 Å². The zero-order chi connectivity index (χ0) is 20.6. The van der Waals surface area contributed by atoms with E-state index >= 15 is 0 Å². The molecule has 12 heteroatoms. The van der Waals surface area contributed by atoms with Crippen molar-refractivity contribution in [3.05, 3.63) is 34.6 Å². The lowest BCUT2D eigenvalue weighted by Crippen LogP contribution is -2.11. The quantitative estimate of drug-likeness (QED) is 0.585. The van der Waals surface area contributed by atoms with Crippen LogP contribution in [-0.2, 0) is 16.4 Å². The Morgan fingerprint density at radius 3 is 2.57 bits per heavy atom. The lowest BCUT2D eigenvalue weighted by atomic mass is 10.2. The molecule has 0 bridgehead atoms. The van der Waals surface area contributed by atoms with Crippen LogP contribution in [0.15, 0.2) is 33.9 Å². The van der Waals surface area contributed by atoms with Crippen LogP contribution < -0.4 is 14.6 Å². The van der Waals surface area contributed by atoms with E-state index in [9.17, 15) is 17.2 Å². The number of alkyl halides is 2. The Labute approximate surface area is 167 Å². The van der Waals surface area contributed by atoms with E-state index in [0.29, 0.717) is 21.1 Å². The summed E-state index contributed by atoms with van der Waals surface area (Å²) >= 11 is 3.34. The van der Waals surface area contributed by atoms with Crippen LogP contribution in [0.4, 0.5) is 8.78 Å². The van der Waals surface area contributed by atoms with Gasteiger partial charge in [-0.1, -0.05) is 6.07 Å². The van der Waals surface area contributed by atoms with Crippen molar-refractivity contribution in [1.29, 1.82) is 0 Å². The molecular weight excluding hydrogens is 462 g/mol. The molecule has 3 rings (SSSR count). The molecule has 8 nitrogen and oxygen atoms in total. The highest BCUT2D eigenvalue weighted by atomic mass is 79.9. The summed E-state index contributed by atoms with van der Waals surface area (Å²) < 4.78 is 61.9. The Hall–Kier alpha value is -2.31. The Morgan fingerprint density at radius 1 is 1.29 bits per heavy atom. The maximum absolute atomic E-state index is 12.7. The van der Waals surface area contributed by atoms with E-state index in [2.05, 4.69) is 25.9 Å². The van der Waals surface area contributed by atoms with Gasteiger partial charge in [0.25, 0.3) is 0 Å². The molecule has 0 aliphatic rings. The highest BCUT2D eigenvalue weighted by Gasteiger charge is 2.24. The SMILES string of the molecule is COc1nc(-n2cc(S(N)(=O)=O)c3ccc(Br)c(OC)c32)ncc1CC(F)F. The number of primary sulfonamides is 1. The van der Waals surface area contributed by atoms with Crippen LogP contribution in [0.2, 0.25) is 0 Å². The second-order valence-electron chi connectivity index (χ2n) is 5.68. The van der Waals surface area contributed by atoms with E-state index < -0.39 is 22.9 Å². The van der Waals surface area contributed by atoms with Crippen LogP contribution in [0.1, 0.15) is 5.56 Å². The van der Waals surface area contributed by atoms with Crippen molar-refractivity contribution in [2.45, 2.75) is 17.7 Å². The van der Waals surface area contributed by atoms with Gasteiger partial charge in [-0.25, -0.2) is 27.3 Å². The zero-order valence-corrected chi connectivity index (χ0v) is 17.1. The Balaban J connectivity index is 2.33. The number of halogens is 3. The Bertz CT molecular complexity index is 1150. The van der Waals surface area contributed by atoms with Crippen LogP contribution in [0.5, 0.6) is 11.6 Å². The first kappa shape index (κ1) is 20.4. The van der Waals surface area contributed by atoms with Crippen molar-refractivity contribution in [2.75, 3.05) is 14.2 Å². The number of ether oxygens (including phenoxy) is 2. The maximum atomic E-state index is 12.7. The number of hydrogen-bond acceptors (Lipinski definition) is 6. The van der Waals surface area contributed by atoms with Crippen LogP contribution in [0.3, 0.4) is 0 Å². The Kier molecular flexibility index (Phi) is 5.55. The van der Waals surface area contributed by atoms with Crippen LogP contribution >= 0.6 is 15.9 Å². The normalized spacial score (nSPS) is 12.0. The molecule has 0 saturated carbocycles. The Morgan fingerprint density at radius 2 is 2.00 bits per heavy atom. The van der Waals surface area contributed by atoms with Gasteiger partial charge in [-0.3, -0.25) is 4.57 Å². The molecule has 0 radical (unpaired) electrons. The van der Waals surface area contributed by atoms with Gasteiger partial charge in [-0.05, 0) is 22.0 Å². The number of benzene rings is 1. The molecule has 1 aromatic carbocycles. The average Bonchev–Trinajstić information content (AvgIpc) is 3.01. The molecule has 2 aromatic heterocycles. The predicted octanol–water partition coefficient (Wildman–Crippen LogP) is 2.66. The second kappa shape index (κ2) is 7.60. The lowest BCUT2D eigenvalue weighted by Gasteiger charge is -2.12. The van der Waals surface area contributed by atoms with Crippen molar-refractivity contribution in [1.82, 2.24) is 14.5 Å². The van der Waals surface area contributed by atoms with Gasteiger partial charge in [0.2, 0.25) is 28.3 Å². The molecule has 0 atom stereocenters. The van der Waals surface area contributed by atoms with Crippen LogP contribution in [0, 0.1) is 0 Å². The number of nitrogens with zero attached hydrogens (tertiary/aromatic N) is 3. The summed E-state index contributed by atoms with van der Waals surface area (Å²) in [6, 6.07) is 3.17. The van der Waals surface area contributed by atoms with Crippen molar-refractivity contribution in [3.63, 3.8) is 0 Å². The molecule has 0 fully saturated rings. The molecule has 28 heavy (non-hydrogen) atoms. The van der Waals surface area contributed by atoms with Crippen LogP contribution in [0.25, 0.3) is 16.9 Å². The first-order valence-electron chi connectivity index (χ1n) is 7.76. The first-order chi connectivity index (χ1) is 13.2. The molecule has 2 N–H and O–H groups in total. The fourth-order valence-corrected chi connectivity index (χ4v) is 4.00. The number of methoxy groups -OCH3 is 2. The topological polar surface area (TPSA) is 109 Å². The van der Waals surface area contributed by atoms with E-state index in [4.69, 9.17) is 14.6 Å². The van der Waals surface area contributed by atoms with E-state index in [1.54, 1.807) is 12.1 Å². The van der Waals surface area contributed by atoms with Crippen LogP contribution in [-0.4, -0.2) is 43.6 Å². The van der Waals surface area contributed by atoms with Gasteiger partial charge < -0.3 is 9.47 Å². The third-order valence-corrected chi connectivity index (χ3v) is 5.50. The highest BCUT2D eigenvalue weighted by molar-refractivity contribution is 9.10. The predicted molar refractivity (Wildman–Crippen MR) is 101 cm³/mol. The van der Waals surface area contributed by atoms with E-state index in [1.807, 2.05) is 0 Å². The fraction of sp³-hybridized carbons (Fsp3) is 0.250. The average molecular weight is 477 g/mol. The summed E-state index contributed by atoms with van der Waals surface area (Å²) in [7, 11) is -1.36. The molecule has 0 amide bonds. The van der Waals surface area contributed by atoms with Crippen molar-refractivity contribution < 1.29 is 26.7 Å². The molecule has 2 heterocycles. The molecule has 0 unspecified atom stereocenters. The van der Waals surface area contributed by atoms with Gasteiger partial charge in [0.1, 0.15) is 10.4 Å². The minimum atomic E-state index is -4.07. The first-order valence-corrected chi connectivity index (χ1v) is 10.1. The molecule has 3 aromatic rings. The summed E-state index contributed by atoms with van der Waals surface area (Å²) in [4.78, 5) is 8.09. The summed E-state index contributed by atoms with van der Waals surface area (Å²) in [5, 5.41) is 5.63. The maximum Gasteiger partial charge on any atom is 0.242 e. The molecule has 0 aliphatic carbocycles. The van der Waals surface area contributed by atoms with Crippen molar-refractivity contribution >= 4 is 36.9 Å². The fourth-order valence-electron chi connectivity index (χ4n) is 2.80. The molecule has 150 valence electrons. The van der Waals surface area contributed by atoms with Gasteiger partial charge in [0.05, 0.1) is 18.7 Å². The summed E-state index contributed by atoms with van der Waals surface area (Å²) in [6.45, 7) is 0. The molecule has 0 saturated heterocycles. The second-order valence-corrected chi connectivity index (χ2v) is 8.07. The zero-order valence-electron chi connectivity index (χ0n) is 14.7. The molecular formula is C16H15BrF2N4O4S. The van der Waals surface area contributed by atoms with Gasteiger partial charge in [-0.15, -0.1) is 0 Å². The summed E-state index contributed by atoms with van der Waals surface area (Å²) in [5.41, 5.74) is 0.460. The lowest BCUT2D eigenvalue weighted by molar-refractivity contribution is 0.147. The number of fused-ring (bicyclic) bond motifs is 1. The molecule has 0 aliphatic heterocycles.